The van der Waals surface area contributed by atoms with E-state index in [2.05, 4.69) is 10.3 Å². The summed E-state index contributed by atoms with van der Waals surface area (Å²) in [7, 11) is 0. The zero-order valence-electron chi connectivity index (χ0n) is 8.45. The summed E-state index contributed by atoms with van der Waals surface area (Å²) in [5.41, 5.74) is 5.33. The number of nitrogens with two attached hydrogens (primary N) is 1. The van der Waals surface area contributed by atoms with Crippen molar-refractivity contribution in [2.45, 2.75) is 19.8 Å². The highest BCUT2D eigenvalue weighted by molar-refractivity contribution is 7.80. The number of nitrogens with zero attached hydrogens (tertiary/aromatic N) is 1. The van der Waals surface area contributed by atoms with Gasteiger partial charge >= 0.3 is 0 Å². The van der Waals surface area contributed by atoms with Crippen molar-refractivity contribution in [1.29, 1.82) is 0 Å². The number of thiocarbonyl (C=S) groups is 1. The van der Waals surface area contributed by atoms with Crippen molar-refractivity contribution in [2.24, 2.45) is 5.73 Å². The molecule has 0 spiro atoms. The Kier molecular flexibility index (Phi) is 4.64. The molecule has 1 heterocycles. The van der Waals surface area contributed by atoms with Crippen LogP contribution in [0.1, 0.15) is 27.5 Å². The molecule has 82 valence electrons. The van der Waals surface area contributed by atoms with E-state index in [0.717, 1.165) is 11.4 Å². The molecule has 4 nitrogen and oxygen atoms in total. The van der Waals surface area contributed by atoms with Gasteiger partial charge in [0.05, 0.1) is 16.2 Å². The van der Waals surface area contributed by atoms with E-state index in [1.807, 2.05) is 6.92 Å². The van der Waals surface area contributed by atoms with Gasteiger partial charge in [-0.25, -0.2) is 4.98 Å². The van der Waals surface area contributed by atoms with Crippen molar-refractivity contribution in [2.75, 3.05) is 6.54 Å². The predicted molar refractivity (Wildman–Crippen MR) is 65.2 cm³/mol. The van der Waals surface area contributed by atoms with Crippen LogP contribution < -0.4 is 11.1 Å². The van der Waals surface area contributed by atoms with Gasteiger partial charge in [0.25, 0.3) is 5.91 Å². The van der Waals surface area contributed by atoms with Gasteiger partial charge < -0.3 is 11.1 Å². The van der Waals surface area contributed by atoms with E-state index in [-0.39, 0.29) is 5.91 Å². The fourth-order valence-electron chi connectivity index (χ4n) is 1.02. The lowest BCUT2D eigenvalue weighted by Crippen LogP contribution is -2.24. The summed E-state index contributed by atoms with van der Waals surface area (Å²) < 4.78 is 0. The van der Waals surface area contributed by atoms with E-state index in [4.69, 9.17) is 18.0 Å². The van der Waals surface area contributed by atoms with Crippen LogP contribution >= 0.6 is 23.6 Å². The number of amides is 1. The van der Waals surface area contributed by atoms with Crippen molar-refractivity contribution in [3.63, 3.8) is 0 Å². The molecular formula is C9H13N3OS2. The fraction of sp³-hybridized carbons (Fsp3) is 0.444. The molecule has 0 radical (unpaired) electrons. The molecule has 0 atom stereocenters. The third-order valence-electron chi connectivity index (χ3n) is 1.73. The Balaban J connectivity index is 2.28. The predicted octanol–water partition coefficient (Wildman–Crippen LogP) is 1.25. The standard InChI is InChI=1S/C9H13N3OS2/c1-6-12-5-7(15-6)9(13)11-4-2-3-8(10)14/h5H,2-4H2,1H3,(H2,10,14)(H,11,13). The van der Waals surface area contributed by atoms with Gasteiger partial charge in [0.2, 0.25) is 0 Å². The average Bonchev–Trinajstić information content (AvgIpc) is 2.59. The maximum Gasteiger partial charge on any atom is 0.263 e. The SMILES string of the molecule is Cc1ncc(C(=O)NCCCC(N)=S)s1. The van der Waals surface area contributed by atoms with Crippen LogP contribution in [0.3, 0.4) is 0 Å². The lowest BCUT2D eigenvalue weighted by Gasteiger charge is -2.01. The molecule has 0 aliphatic rings. The van der Waals surface area contributed by atoms with Crippen LogP contribution in [-0.2, 0) is 0 Å². The number of aryl methyl sites for hydroxylation is 1. The van der Waals surface area contributed by atoms with Gasteiger partial charge in [0, 0.05) is 6.54 Å². The Bertz CT molecular complexity index is 362. The molecule has 1 aromatic heterocycles. The van der Waals surface area contributed by atoms with Gasteiger partial charge in [-0.15, -0.1) is 11.3 Å². The summed E-state index contributed by atoms with van der Waals surface area (Å²) in [4.78, 5) is 16.6. The summed E-state index contributed by atoms with van der Waals surface area (Å²) in [5, 5.41) is 3.68. The number of rotatable bonds is 5. The molecule has 0 saturated heterocycles. The molecule has 0 aromatic carbocycles. The van der Waals surface area contributed by atoms with E-state index in [0.29, 0.717) is 22.8 Å². The minimum absolute atomic E-state index is 0.0801. The highest BCUT2D eigenvalue weighted by Gasteiger charge is 2.07. The normalized spacial score (nSPS) is 9.93. The first-order chi connectivity index (χ1) is 7.09. The van der Waals surface area contributed by atoms with Crippen LogP contribution in [0.5, 0.6) is 0 Å². The van der Waals surface area contributed by atoms with E-state index in [9.17, 15) is 4.79 Å². The summed E-state index contributed by atoms with van der Waals surface area (Å²) in [5.74, 6) is -0.0801. The zero-order valence-corrected chi connectivity index (χ0v) is 10.1. The number of hydrogen-bond acceptors (Lipinski definition) is 4. The molecule has 0 fully saturated rings. The third-order valence-corrected chi connectivity index (χ3v) is 2.85. The first-order valence-electron chi connectivity index (χ1n) is 4.58. The summed E-state index contributed by atoms with van der Waals surface area (Å²) in [6.45, 7) is 2.46. The lowest BCUT2D eigenvalue weighted by molar-refractivity contribution is 0.0957. The number of thiazole rings is 1. The van der Waals surface area contributed by atoms with Gasteiger partial charge in [-0.2, -0.15) is 0 Å². The Labute approximate surface area is 97.9 Å². The maximum absolute atomic E-state index is 11.5. The summed E-state index contributed by atoms with van der Waals surface area (Å²) in [6.07, 6.45) is 3.03. The number of carbonyl (C=O) groups excluding carboxylic acids is 1. The molecule has 0 aliphatic heterocycles. The van der Waals surface area contributed by atoms with Crippen LogP contribution in [0.2, 0.25) is 0 Å². The highest BCUT2D eigenvalue weighted by Crippen LogP contribution is 2.10. The quantitative estimate of drug-likeness (QED) is 0.603. The molecule has 1 rings (SSSR count). The average molecular weight is 243 g/mol. The van der Waals surface area contributed by atoms with Crippen molar-refractivity contribution in [1.82, 2.24) is 10.3 Å². The van der Waals surface area contributed by atoms with Crippen molar-refractivity contribution in [3.05, 3.63) is 16.1 Å². The Morgan fingerprint density at radius 2 is 2.47 bits per heavy atom. The topological polar surface area (TPSA) is 68.0 Å². The summed E-state index contributed by atoms with van der Waals surface area (Å²) >= 11 is 6.12. The number of aromatic nitrogens is 1. The minimum Gasteiger partial charge on any atom is -0.393 e. The number of carbonyl (C=O) groups is 1. The van der Waals surface area contributed by atoms with Crippen molar-refractivity contribution < 1.29 is 4.79 Å². The molecule has 15 heavy (non-hydrogen) atoms. The van der Waals surface area contributed by atoms with E-state index in [1.54, 1.807) is 6.20 Å². The van der Waals surface area contributed by atoms with Crippen LogP contribution in [0.25, 0.3) is 0 Å². The third kappa shape index (κ3) is 4.35. The van der Waals surface area contributed by atoms with Crippen LogP contribution in [0.4, 0.5) is 0 Å². The largest absolute Gasteiger partial charge is 0.393 e. The van der Waals surface area contributed by atoms with Crippen molar-refractivity contribution >= 4 is 34.5 Å². The molecular weight excluding hydrogens is 230 g/mol. The first kappa shape index (κ1) is 12.1. The minimum atomic E-state index is -0.0801. The number of hydrogen-bond donors (Lipinski definition) is 2. The molecule has 1 aromatic rings. The molecule has 0 unspecified atom stereocenters. The van der Waals surface area contributed by atoms with Gasteiger partial charge in [-0.3, -0.25) is 4.79 Å². The molecule has 3 N–H and O–H groups in total. The second-order valence-electron chi connectivity index (χ2n) is 3.07. The smallest absolute Gasteiger partial charge is 0.263 e. The molecule has 6 heteroatoms. The van der Waals surface area contributed by atoms with E-state index >= 15 is 0 Å². The zero-order chi connectivity index (χ0) is 11.3. The van der Waals surface area contributed by atoms with Crippen LogP contribution in [-0.4, -0.2) is 22.4 Å². The fourth-order valence-corrected chi connectivity index (χ4v) is 1.86. The Morgan fingerprint density at radius 3 is 3.00 bits per heavy atom. The van der Waals surface area contributed by atoms with Crippen LogP contribution in [0.15, 0.2) is 6.20 Å². The monoisotopic (exact) mass is 243 g/mol. The Morgan fingerprint density at radius 1 is 1.73 bits per heavy atom. The molecule has 0 aliphatic carbocycles. The second kappa shape index (κ2) is 5.77. The highest BCUT2D eigenvalue weighted by atomic mass is 32.1. The molecule has 1 amide bonds. The number of nitrogens with one attached hydrogen (secondary N) is 1. The maximum atomic E-state index is 11.5. The van der Waals surface area contributed by atoms with Gasteiger partial charge in [-0.05, 0) is 19.8 Å². The van der Waals surface area contributed by atoms with Gasteiger partial charge in [0.15, 0.2) is 0 Å². The van der Waals surface area contributed by atoms with Gasteiger partial charge in [0.1, 0.15) is 4.88 Å². The van der Waals surface area contributed by atoms with E-state index < -0.39 is 0 Å². The summed E-state index contributed by atoms with van der Waals surface area (Å²) in [6, 6.07) is 0. The first-order valence-corrected chi connectivity index (χ1v) is 5.81. The lowest BCUT2D eigenvalue weighted by atomic mass is 10.3. The second-order valence-corrected chi connectivity index (χ2v) is 4.83. The van der Waals surface area contributed by atoms with Crippen molar-refractivity contribution in [3.8, 4) is 0 Å². The van der Waals surface area contributed by atoms with E-state index in [1.165, 1.54) is 11.3 Å². The Hall–Kier alpha value is -1.01. The molecule has 0 bridgehead atoms. The molecule has 0 saturated carbocycles. The van der Waals surface area contributed by atoms with Crippen LogP contribution in [0, 0.1) is 6.92 Å². The van der Waals surface area contributed by atoms with Gasteiger partial charge in [-0.1, -0.05) is 12.2 Å².